The van der Waals surface area contributed by atoms with E-state index in [0.717, 1.165) is 47.7 Å². The summed E-state index contributed by atoms with van der Waals surface area (Å²) in [6, 6.07) is 18.3. The van der Waals surface area contributed by atoms with Crippen LogP contribution in [-0.4, -0.2) is 0 Å². The van der Waals surface area contributed by atoms with E-state index in [1.54, 1.807) is 6.07 Å². The molecular weight excluding hydrogens is 388 g/mol. The van der Waals surface area contributed by atoms with Gasteiger partial charge < -0.3 is 0 Å². The molecule has 0 heterocycles. The summed E-state index contributed by atoms with van der Waals surface area (Å²) in [7, 11) is 0. The van der Waals surface area contributed by atoms with Crippen LogP contribution < -0.4 is 0 Å². The van der Waals surface area contributed by atoms with Crippen molar-refractivity contribution in [3.8, 4) is 22.3 Å². The van der Waals surface area contributed by atoms with Crippen LogP contribution in [0.5, 0.6) is 0 Å². The van der Waals surface area contributed by atoms with Crippen molar-refractivity contribution in [2.75, 3.05) is 0 Å². The molecular formula is C26H20F4. The Bertz CT molecular complexity index is 1200. The molecule has 0 N–H and O–H groups in total. The minimum Gasteiger partial charge on any atom is -0.206 e. The average molecular weight is 408 g/mol. The molecule has 0 atom stereocenters. The molecule has 0 amide bonds. The Kier molecular flexibility index (Phi) is 5.58. The lowest BCUT2D eigenvalue weighted by molar-refractivity contribution is 0.447. The molecule has 4 aromatic rings. The van der Waals surface area contributed by atoms with Gasteiger partial charge in [-0.1, -0.05) is 55.8 Å². The number of hydrogen-bond donors (Lipinski definition) is 0. The first-order valence-electron chi connectivity index (χ1n) is 9.94. The van der Waals surface area contributed by atoms with Gasteiger partial charge in [-0.25, -0.2) is 17.6 Å². The van der Waals surface area contributed by atoms with Crippen molar-refractivity contribution < 1.29 is 17.6 Å². The zero-order valence-electron chi connectivity index (χ0n) is 16.5. The molecule has 30 heavy (non-hydrogen) atoms. The first kappa shape index (κ1) is 20.1. The summed E-state index contributed by atoms with van der Waals surface area (Å²) in [6.07, 6.45) is 3.35. The van der Waals surface area contributed by atoms with Gasteiger partial charge in [0.25, 0.3) is 0 Å². The molecule has 152 valence electrons. The standard InChI is InChI=1S/C26H20F4/c1-2-3-4-16-5-6-18-12-19(8-7-17(18)11-16)20-9-10-22(23(27)13-20)21-14-24(28)26(30)25(29)15-21/h5-15H,2-4H2,1H3. The summed E-state index contributed by atoms with van der Waals surface area (Å²) in [5.74, 6) is -4.89. The second-order valence-corrected chi connectivity index (χ2v) is 7.45. The monoisotopic (exact) mass is 408 g/mol. The molecule has 0 aliphatic heterocycles. The number of fused-ring (bicyclic) bond motifs is 1. The summed E-state index contributed by atoms with van der Waals surface area (Å²) in [4.78, 5) is 0. The molecule has 0 bridgehead atoms. The van der Waals surface area contributed by atoms with Crippen molar-refractivity contribution in [2.24, 2.45) is 0 Å². The first-order chi connectivity index (χ1) is 14.5. The summed E-state index contributed by atoms with van der Waals surface area (Å²) in [5.41, 5.74) is 2.75. The number of rotatable bonds is 5. The molecule has 4 aromatic carbocycles. The van der Waals surface area contributed by atoms with Crippen LogP contribution in [0.2, 0.25) is 0 Å². The smallest absolute Gasteiger partial charge is 0.194 e. The Morgan fingerprint density at radius 3 is 1.90 bits per heavy atom. The van der Waals surface area contributed by atoms with Crippen LogP contribution in [0.1, 0.15) is 25.3 Å². The Morgan fingerprint density at radius 1 is 0.600 bits per heavy atom. The molecule has 0 aliphatic rings. The Labute approximate surface area is 172 Å². The Hall–Kier alpha value is -3.14. The SMILES string of the molecule is CCCCc1ccc2cc(-c3ccc(-c4cc(F)c(F)c(F)c4)c(F)c3)ccc2c1. The predicted molar refractivity (Wildman–Crippen MR) is 113 cm³/mol. The molecule has 0 fully saturated rings. The minimum atomic E-state index is -1.57. The van der Waals surface area contributed by atoms with Crippen molar-refractivity contribution in [1.82, 2.24) is 0 Å². The van der Waals surface area contributed by atoms with Crippen molar-refractivity contribution >= 4 is 10.8 Å². The highest BCUT2D eigenvalue weighted by Gasteiger charge is 2.14. The highest BCUT2D eigenvalue weighted by atomic mass is 19.2. The van der Waals surface area contributed by atoms with Crippen LogP contribution >= 0.6 is 0 Å². The summed E-state index contributed by atoms with van der Waals surface area (Å²) < 4.78 is 54.9. The highest BCUT2D eigenvalue weighted by Crippen LogP contribution is 2.31. The molecule has 4 rings (SSSR count). The van der Waals surface area contributed by atoms with E-state index >= 15 is 0 Å². The van der Waals surface area contributed by atoms with E-state index in [-0.39, 0.29) is 11.1 Å². The van der Waals surface area contributed by atoms with Crippen molar-refractivity contribution in [3.05, 3.63) is 95.6 Å². The van der Waals surface area contributed by atoms with E-state index in [4.69, 9.17) is 0 Å². The zero-order chi connectivity index (χ0) is 21.3. The van der Waals surface area contributed by atoms with Gasteiger partial charge in [0.15, 0.2) is 17.5 Å². The summed E-state index contributed by atoms with van der Waals surface area (Å²) in [6.45, 7) is 2.17. The molecule has 0 spiro atoms. The van der Waals surface area contributed by atoms with E-state index in [1.165, 1.54) is 17.7 Å². The number of halogens is 4. The van der Waals surface area contributed by atoms with Gasteiger partial charge in [-0.3, -0.25) is 0 Å². The van der Waals surface area contributed by atoms with E-state index < -0.39 is 23.3 Å². The second kappa shape index (κ2) is 8.31. The largest absolute Gasteiger partial charge is 0.206 e. The summed E-state index contributed by atoms with van der Waals surface area (Å²) in [5, 5.41) is 2.18. The van der Waals surface area contributed by atoms with Gasteiger partial charge in [-0.15, -0.1) is 0 Å². The van der Waals surface area contributed by atoms with Crippen LogP contribution in [0.3, 0.4) is 0 Å². The maximum absolute atomic E-state index is 14.7. The summed E-state index contributed by atoms with van der Waals surface area (Å²) >= 11 is 0. The average Bonchev–Trinajstić information content (AvgIpc) is 2.75. The first-order valence-corrected chi connectivity index (χ1v) is 9.94. The lowest BCUT2D eigenvalue weighted by Crippen LogP contribution is -1.94. The molecule has 0 saturated heterocycles. The predicted octanol–water partition coefficient (Wildman–Crippen LogP) is 8.07. The fraction of sp³-hybridized carbons (Fsp3) is 0.154. The lowest BCUT2D eigenvalue weighted by Gasteiger charge is -2.09. The Morgan fingerprint density at radius 2 is 1.20 bits per heavy atom. The van der Waals surface area contributed by atoms with Gasteiger partial charge in [0, 0.05) is 5.56 Å². The number of hydrogen-bond acceptors (Lipinski definition) is 0. The molecule has 0 aromatic heterocycles. The topological polar surface area (TPSA) is 0 Å². The van der Waals surface area contributed by atoms with Gasteiger partial charge in [-0.2, -0.15) is 0 Å². The number of unbranched alkanes of at least 4 members (excludes halogenated alkanes) is 1. The molecule has 0 radical (unpaired) electrons. The van der Waals surface area contributed by atoms with Crippen LogP contribution in [-0.2, 0) is 6.42 Å². The minimum absolute atomic E-state index is 0.0119. The maximum atomic E-state index is 14.7. The van der Waals surface area contributed by atoms with E-state index in [1.807, 2.05) is 18.2 Å². The number of benzene rings is 4. The second-order valence-electron chi connectivity index (χ2n) is 7.45. The molecule has 0 aliphatic carbocycles. The van der Waals surface area contributed by atoms with Crippen LogP contribution in [0.4, 0.5) is 17.6 Å². The van der Waals surface area contributed by atoms with Gasteiger partial charge in [0.1, 0.15) is 5.82 Å². The van der Waals surface area contributed by atoms with Gasteiger partial charge in [0.2, 0.25) is 0 Å². The number of aryl methyl sites for hydroxylation is 1. The van der Waals surface area contributed by atoms with E-state index in [9.17, 15) is 17.6 Å². The van der Waals surface area contributed by atoms with Crippen LogP contribution in [0, 0.1) is 23.3 Å². The van der Waals surface area contributed by atoms with Crippen molar-refractivity contribution in [3.63, 3.8) is 0 Å². The molecule has 0 unspecified atom stereocenters. The third-order valence-electron chi connectivity index (χ3n) is 5.32. The van der Waals surface area contributed by atoms with Gasteiger partial charge >= 0.3 is 0 Å². The third kappa shape index (κ3) is 3.95. The maximum Gasteiger partial charge on any atom is 0.194 e. The molecule has 4 heteroatoms. The van der Waals surface area contributed by atoms with Crippen molar-refractivity contribution in [2.45, 2.75) is 26.2 Å². The van der Waals surface area contributed by atoms with Gasteiger partial charge in [-0.05, 0) is 70.1 Å². The van der Waals surface area contributed by atoms with Gasteiger partial charge in [0.05, 0.1) is 0 Å². The van der Waals surface area contributed by atoms with Crippen LogP contribution in [0.15, 0.2) is 66.7 Å². The lowest BCUT2D eigenvalue weighted by atomic mass is 9.96. The Balaban J connectivity index is 1.68. The normalized spacial score (nSPS) is 11.2. The molecule has 0 nitrogen and oxygen atoms in total. The fourth-order valence-corrected chi connectivity index (χ4v) is 3.65. The zero-order valence-corrected chi connectivity index (χ0v) is 16.5. The van der Waals surface area contributed by atoms with Crippen molar-refractivity contribution in [1.29, 1.82) is 0 Å². The van der Waals surface area contributed by atoms with E-state index in [2.05, 4.69) is 25.1 Å². The quantitative estimate of drug-likeness (QED) is 0.231. The van der Waals surface area contributed by atoms with Crippen LogP contribution in [0.25, 0.3) is 33.0 Å². The fourth-order valence-electron chi connectivity index (χ4n) is 3.65. The third-order valence-corrected chi connectivity index (χ3v) is 5.32. The molecule has 0 saturated carbocycles. The van der Waals surface area contributed by atoms with E-state index in [0.29, 0.717) is 5.56 Å². The highest BCUT2D eigenvalue weighted by molar-refractivity contribution is 5.88.